The first-order valence-corrected chi connectivity index (χ1v) is 9.22. The number of hydrogen-bond donors (Lipinski definition) is 1. The number of rotatable bonds is 4. The van der Waals surface area contributed by atoms with Crippen molar-refractivity contribution >= 4 is 39.3 Å². The van der Waals surface area contributed by atoms with Crippen LogP contribution in [0.1, 0.15) is 20.3 Å². The zero-order valence-electron chi connectivity index (χ0n) is 15.2. The summed E-state index contributed by atoms with van der Waals surface area (Å²) in [5, 5.41) is 5.33. The number of aromatic nitrogens is 1. The molecule has 1 atom stereocenters. The molecule has 2 amide bonds. The Balaban J connectivity index is 1.65. The molecule has 0 aliphatic carbocycles. The summed E-state index contributed by atoms with van der Waals surface area (Å²) in [4.78, 5) is 26.2. The molecule has 1 saturated heterocycles. The molecule has 1 aromatic heterocycles. The maximum Gasteiger partial charge on any atom is 0.229 e. The topological polar surface area (TPSA) is 54.3 Å². The van der Waals surface area contributed by atoms with Gasteiger partial charge in [0.2, 0.25) is 11.8 Å². The van der Waals surface area contributed by atoms with E-state index in [-0.39, 0.29) is 17.7 Å². The van der Waals surface area contributed by atoms with Gasteiger partial charge in [-0.1, -0.05) is 18.2 Å². The van der Waals surface area contributed by atoms with Crippen LogP contribution >= 0.6 is 0 Å². The van der Waals surface area contributed by atoms with E-state index in [2.05, 4.69) is 35.0 Å². The standard InChI is InChI=1S/C21H23N3O2/c1-3-23-13-14(11-20(23)25)21(26)22-15-9-10-19-17(12-15)16-7-5-6-8-18(16)24(19)4-2/h5-10,12,14H,3-4,11,13H2,1-2H3,(H,22,26). The van der Waals surface area contributed by atoms with Crippen molar-refractivity contribution in [3.05, 3.63) is 42.5 Å². The first kappa shape index (κ1) is 16.6. The molecule has 26 heavy (non-hydrogen) atoms. The van der Waals surface area contributed by atoms with Crippen LogP contribution in [0.3, 0.4) is 0 Å². The molecule has 2 aromatic carbocycles. The van der Waals surface area contributed by atoms with Gasteiger partial charge < -0.3 is 14.8 Å². The van der Waals surface area contributed by atoms with Gasteiger partial charge in [-0.05, 0) is 38.1 Å². The van der Waals surface area contributed by atoms with Crippen molar-refractivity contribution in [1.82, 2.24) is 9.47 Å². The molecule has 2 heterocycles. The van der Waals surface area contributed by atoms with E-state index < -0.39 is 0 Å². The Morgan fingerprint density at radius 2 is 1.85 bits per heavy atom. The molecular formula is C21H23N3O2. The second kappa shape index (κ2) is 6.48. The molecule has 5 heteroatoms. The van der Waals surface area contributed by atoms with Crippen LogP contribution in [0, 0.1) is 5.92 Å². The molecule has 5 nitrogen and oxygen atoms in total. The van der Waals surface area contributed by atoms with E-state index in [9.17, 15) is 9.59 Å². The number of carbonyl (C=O) groups is 2. The molecular weight excluding hydrogens is 326 g/mol. The fourth-order valence-electron chi connectivity index (χ4n) is 3.97. The van der Waals surface area contributed by atoms with Crippen molar-refractivity contribution in [2.45, 2.75) is 26.8 Å². The zero-order valence-corrected chi connectivity index (χ0v) is 15.2. The summed E-state index contributed by atoms with van der Waals surface area (Å²) in [6, 6.07) is 14.4. The van der Waals surface area contributed by atoms with Crippen LogP contribution in [0.5, 0.6) is 0 Å². The summed E-state index contributed by atoms with van der Waals surface area (Å²) in [5.74, 6) is -0.280. The van der Waals surface area contributed by atoms with Gasteiger partial charge in [0, 0.05) is 53.5 Å². The first-order chi connectivity index (χ1) is 12.6. The van der Waals surface area contributed by atoms with E-state index in [4.69, 9.17) is 0 Å². The highest BCUT2D eigenvalue weighted by molar-refractivity contribution is 6.10. The fraction of sp³-hybridized carbons (Fsp3) is 0.333. The van der Waals surface area contributed by atoms with Crippen LogP contribution in [-0.4, -0.2) is 34.4 Å². The quantitative estimate of drug-likeness (QED) is 0.782. The first-order valence-electron chi connectivity index (χ1n) is 9.22. The number of carbonyl (C=O) groups excluding carboxylic acids is 2. The van der Waals surface area contributed by atoms with Crippen molar-refractivity contribution in [2.75, 3.05) is 18.4 Å². The highest BCUT2D eigenvalue weighted by Crippen LogP contribution is 2.31. The molecule has 0 radical (unpaired) electrons. The van der Waals surface area contributed by atoms with Gasteiger partial charge in [0.05, 0.1) is 5.92 Å². The largest absolute Gasteiger partial charge is 0.342 e. The minimum atomic E-state index is -0.268. The van der Waals surface area contributed by atoms with Crippen LogP contribution in [0.4, 0.5) is 5.69 Å². The Hall–Kier alpha value is -2.82. The molecule has 0 spiro atoms. The van der Waals surface area contributed by atoms with Crippen LogP contribution in [0.15, 0.2) is 42.5 Å². The molecule has 3 aromatic rings. The molecule has 1 N–H and O–H groups in total. The highest BCUT2D eigenvalue weighted by atomic mass is 16.2. The monoisotopic (exact) mass is 349 g/mol. The minimum Gasteiger partial charge on any atom is -0.342 e. The van der Waals surface area contributed by atoms with Crippen molar-refractivity contribution in [1.29, 1.82) is 0 Å². The van der Waals surface area contributed by atoms with Crippen LogP contribution in [-0.2, 0) is 16.1 Å². The number of aryl methyl sites for hydroxylation is 1. The summed E-state index contributed by atoms with van der Waals surface area (Å²) in [6.07, 6.45) is 0.303. The third-order valence-electron chi connectivity index (χ3n) is 5.32. The number of anilines is 1. The van der Waals surface area contributed by atoms with Gasteiger partial charge in [0.15, 0.2) is 0 Å². The number of nitrogens with zero attached hydrogens (tertiary/aromatic N) is 2. The fourth-order valence-corrected chi connectivity index (χ4v) is 3.97. The van der Waals surface area contributed by atoms with E-state index in [1.54, 1.807) is 4.90 Å². The summed E-state index contributed by atoms with van der Waals surface area (Å²) in [5.41, 5.74) is 3.15. The Bertz CT molecular complexity index is 1010. The third kappa shape index (κ3) is 2.64. The van der Waals surface area contributed by atoms with Gasteiger partial charge in [0.25, 0.3) is 0 Å². The minimum absolute atomic E-state index is 0.0640. The molecule has 4 rings (SSSR count). The lowest BCUT2D eigenvalue weighted by molar-refractivity contribution is -0.128. The Morgan fingerprint density at radius 3 is 2.58 bits per heavy atom. The van der Waals surface area contributed by atoms with Crippen molar-refractivity contribution in [3.63, 3.8) is 0 Å². The SMILES string of the molecule is CCN1CC(C(=O)Nc2ccc3c(c2)c2ccccc2n3CC)CC1=O. The molecule has 1 unspecified atom stereocenters. The highest BCUT2D eigenvalue weighted by Gasteiger charge is 2.33. The van der Waals surface area contributed by atoms with Crippen molar-refractivity contribution in [3.8, 4) is 0 Å². The van der Waals surface area contributed by atoms with Crippen LogP contribution < -0.4 is 5.32 Å². The third-order valence-corrected chi connectivity index (χ3v) is 5.32. The maximum atomic E-state index is 12.6. The number of nitrogens with one attached hydrogen (secondary N) is 1. The summed E-state index contributed by atoms with van der Waals surface area (Å²) < 4.78 is 2.28. The Kier molecular flexibility index (Phi) is 4.15. The number of para-hydroxylation sites is 1. The van der Waals surface area contributed by atoms with Gasteiger partial charge in [-0.15, -0.1) is 0 Å². The second-order valence-corrected chi connectivity index (χ2v) is 6.82. The van der Waals surface area contributed by atoms with Gasteiger partial charge in [-0.25, -0.2) is 0 Å². The average molecular weight is 349 g/mol. The van der Waals surface area contributed by atoms with Gasteiger partial charge in [0.1, 0.15) is 0 Å². The molecule has 1 fully saturated rings. The van der Waals surface area contributed by atoms with Gasteiger partial charge in [-0.2, -0.15) is 0 Å². The Labute approximate surface area is 152 Å². The van der Waals surface area contributed by atoms with Gasteiger partial charge in [-0.3, -0.25) is 9.59 Å². The number of likely N-dealkylation sites (tertiary alicyclic amines) is 1. The predicted molar refractivity (Wildman–Crippen MR) is 104 cm³/mol. The smallest absolute Gasteiger partial charge is 0.229 e. The second-order valence-electron chi connectivity index (χ2n) is 6.82. The summed E-state index contributed by atoms with van der Waals surface area (Å²) in [7, 11) is 0. The number of fused-ring (bicyclic) bond motifs is 3. The average Bonchev–Trinajstić information content (AvgIpc) is 3.19. The lowest BCUT2D eigenvalue weighted by atomic mass is 10.1. The van der Waals surface area contributed by atoms with E-state index in [1.807, 2.05) is 31.2 Å². The number of benzene rings is 2. The molecule has 0 bridgehead atoms. The molecule has 1 aliphatic rings. The summed E-state index contributed by atoms with van der Waals surface area (Å²) >= 11 is 0. The lowest BCUT2D eigenvalue weighted by Gasteiger charge is -2.13. The Morgan fingerprint density at radius 1 is 1.08 bits per heavy atom. The normalized spacial score (nSPS) is 17.4. The van der Waals surface area contributed by atoms with E-state index >= 15 is 0 Å². The number of amides is 2. The maximum absolute atomic E-state index is 12.6. The van der Waals surface area contributed by atoms with E-state index in [0.29, 0.717) is 19.5 Å². The molecule has 0 saturated carbocycles. The van der Waals surface area contributed by atoms with Gasteiger partial charge >= 0.3 is 0 Å². The number of hydrogen-bond acceptors (Lipinski definition) is 2. The van der Waals surface area contributed by atoms with Crippen LogP contribution in [0.2, 0.25) is 0 Å². The predicted octanol–water partition coefficient (Wildman–Crippen LogP) is 3.62. The molecule has 1 aliphatic heterocycles. The van der Waals surface area contributed by atoms with Crippen LogP contribution in [0.25, 0.3) is 21.8 Å². The van der Waals surface area contributed by atoms with E-state index in [0.717, 1.165) is 17.6 Å². The lowest BCUT2D eigenvalue weighted by Crippen LogP contribution is -2.28. The van der Waals surface area contributed by atoms with Crippen molar-refractivity contribution in [2.24, 2.45) is 5.92 Å². The van der Waals surface area contributed by atoms with Crippen molar-refractivity contribution < 1.29 is 9.59 Å². The van der Waals surface area contributed by atoms with E-state index in [1.165, 1.54) is 16.4 Å². The zero-order chi connectivity index (χ0) is 18.3. The summed E-state index contributed by atoms with van der Waals surface area (Å²) in [6.45, 7) is 6.14. The molecule has 134 valence electrons.